The van der Waals surface area contributed by atoms with Crippen LogP contribution in [-0.4, -0.2) is 51.8 Å². The molecule has 190 valence electrons. The smallest absolute Gasteiger partial charge is 0.381 e. The van der Waals surface area contributed by atoms with Crippen molar-refractivity contribution in [3.63, 3.8) is 0 Å². The number of ether oxygens (including phenoxy) is 1. The van der Waals surface area contributed by atoms with E-state index in [0.29, 0.717) is 41.3 Å². The first kappa shape index (κ1) is 25.1. The average molecular weight is 504 g/mol. The molecule has 0 atom stereocenters. The summed E-state index contributed by atoms with van der Waals surface area (Å²) in [5, 5.41) is 3.84. The molecule has 1 aliphatic heterocycles. The highest BCUT2D eigenvalue weighted by Gasteiger charge is 2.39. The zero-order valence-electron chi connectivity index (χ0n) is 19.4. The fourth-order valence-corrected chi connectivity index (χ4v) is 3.84. The Morgan fingerprint density at radius 2 is 1.83 bits per heavy atom. The molecule has 4 rings (SSSR count). The quantitative estimate of drug-likeness (QED) is 0.465. The van der Waals surface area contributed by atoms with Gasteiger partial charge in [-0.05, 0) is 49.1 Å². The zero-order chi connectivity index (χ0) is 26.0. The van der Waals surface area contributed by atoms with Gasteiger partial charge in [-0.25, -0.2) is 4.98 Å². The van der Waals surface area contributed by atoms with Crippen molar-refractivity contribution in [2.24, 2.45) is 7.05 Å². The molecule has 2 aromatic heterocycles. The van der Waals surface area contributed by atoms with E-state index in [4.69, 9.17) is 4.74 Å². The van der Waals surface area contributed by atoms with Crippen molar-refractivity contribution in [2.75, 3.05) is 18.5 Å². The minimum Gasteiger partial charge on any atom is -0.381 e. The second-order valence-corrected chi connectivity index (χ2v) is 8.36. The van der Waals surface area contributed by atoms with Gasteiger partial charge in [-0.1, -0.05) is 6.07 Å². The molecular formula is C23H23F3N6O4. The Kier molecular flexibility index (Phi) is 6.93. The summed E-state index contributed by atoms with van der Waals surface area (Å²) < 4.78 is 43.8. The monoisotopic (exact) mass is 504 g/mol. The van der Waals surface area contributed by atoms with Crippen LogP contribution in [-0.2, 0) is 16.6 Å². The van der Waals surface area contributed by atoms with E-state index in [1.165, 1.54) is 22.1 Å². The lowest BCUT2D eigenvalue weighted by Crippen LogP contribution is -2.47. The van der Waals surface area contributed by atoms with Crippen molar-refractivity contribution >= 4 is 28.8 Å². The van der Waals surface area contributed by atoms with E-state index in [0.717, 1.165) is 12.8 Å². The number of amides is 2. The summed E-state index contributed by atoms with van der Waals surface area (Å²) in [5.74, 6) is -2.89. The summed E-state index contributed by atoms with van der Waals surface area (Å²) in [4.78, 5) is 45.4. The number of hydrogen-bond donors (Lipinski definition) is 3. The van der Waals surface area contributed by atoms with Crippen molar-refractivity contribution in [3.05, 3.63) is 51.9 Å². The van der Waals surface area contributed by atoms with Crippen LogP contribution < -0.4 is 21.7 Å². The summed E-state index contributed by atoms with van der Waals surface area (Å²) in [6.45, 7) is 3.03. The molecule has 0 bridgehead atoms. The molecule has 0 spiro atoms. The minimum absolute atomic E-state index is 0.0486. The Bertz CT molecular complexity index is 1380. The van der Waals surface area contributed by atoms with Crippen molar-refractivity contribution in [3.8, 4) is 11.1 Å². The van der Waals surface area contributed by atoms with Crippen LogP contribution in [0.25, 0.3) is 22.2 Å². The highest BCUT2D eigenvalue weighted by Crippen LogP contribution is 2.25. The van der Waals surface area contributed by atoms with Crippen LogP contribution in [0, 0.1) is 6.92 Å². The Hall–Kier alpha value is -4.00. The topological polar surface area (TPSA) is 127 Å². The summed E-state index contributed by atoms with van der Waals surface area (Å²) in [7, 11) is 1.57. The van der Waals surface area contributed by atoms with Gasteiger partial charge in [-0.2, -0.15) is 18.2 Å². The third-order valence-corrected chi connectivity index (χ3v) is 5.84. The lowest BCUT2D eigenvalue weighted by Gasteiger charge is -2.23. The van der Waals surface area contributed by atoms with E-state index < -0.39 is 18.0 Å². The van der Waals surface area contributed by atoms with Crippen LogP contribution in [0.3, 0.4) is 0 Å². The lowest BCUT2D eigenvalue weighted by atomic mass is 9.98. The fourth-order valence-electron chi connectivity index (χ4n) is 3.84. The number of carbonyl (C=O) groups excluding carboxylic acids is 2. The number of hydrazine groups is 1. The Morgan fingerprint density at radius 1 is 1.11 bits per heavy atom. The Labute approximate surface area is 202 Å². The van der Waals surface area contributed by atoms with Crippen LogP contribution in [0.15, 0.2) is 35.3 Å². The molecule has 1 saturated heterocycles. The molecule has 3 aromatic rings. The van der Waals surface area contributed by atoms with Gasteiger partial charge in [0.05, 0.1) is 0 Å². The molecule has 36 heavy (non-hydrogen) atoms. The van der Waals surface area contributed by atoms with Crippen LogP contribution in [0.5, 0.6) is 0 Å². The predicted molar refractivity (Wildman–Crippen MR) is 124 cm³/mol. The highest BCUT2D eigenvalue weighted by molar-refractivity contribution is 5.97. The number of carbonyl (C=O) groups is 2. The number of hydrogen-bond acceptors (Lipinski definition) is 7. The van der Waals surface area contributed by atoms with Gasteiger partial charge in [0.15, 0.2) is 0 Å². The number of anilines is 1. The van der Waals surface area contributed by atoms with Gasteiger partial charge in [0.2, 0.25) is 5.95 Å². The molecule has 3 heterocycles. The fraction of sp³-hybridized carbons (Fsp3) is 0.348. The number of nitrogens with one attached hydrogen (secondary N) is 3. The number of fused-ring (bicyclic) bond motifs is 1. The van der Waals surface area contributed by atoms with E-state index in [-0.39, 0.29) is 22.7 Å². The molecule has 1 fully saturated rings. The van der Waals surface area contributed by atoms with Gasteiger partial charge in [0, 0.05) is 49.0 Å². The molecule has 13 heteroatoms. The number of aryl methyl sites for hydroxylation is 2. The van der Waals surface area contributed by atoms with Gasteiger partial charge in [0.1, 0.15) is 5.65 Å². The van der Waals surface area contributed by atoms with E-state index in [9.17, 15) is 27.6 Å². The number of halogens is 3. The maximum Gasteiger partial charge on any atom is 0.472 e. The molecule has 0 radical (unpaired) electrons. The molecule has 2 amide bonds. The molecule has 0 aliphatic carbocycles. The van der Waals surface area contributed by atoms with E-state index >= 15 is 0 Å². The summed E-state index contributed by atoms with van der Waals surface area (Å²) in [6.07, 6.45) is -1.92. The molecule has 0 saturated carbocycles. The Balaban J connectivity index is 1.64. The number of alkyl halides is 3. The lowest BCUT2D eigenvalue weighted by molar-refractivity contribution is -0.174. The number of pyridine rings is 1. The van der Waals surface area contributed by atoms with Crippen LogP contribution in [0.2, 0.25) is 0 Å². The largest absolute Gasteiger partial charge is 0.472 e. The van der Waals surface area contributed by atoms with Gasteiger partial charge in [-0.15, -0.1) is 0 Å². The molecule has 1 aliphatic rings. The number of benzene rings is 1. The highest BCUT2D eigenvalue weighted by atomic mass is 19.4. The first-order valence-electron chi connectivity index (χ1n) is 11.0. The van der Waals surface area contributed by atoms with Crippen LogP contribution >= 0.6 is 0 Å². The SMILES string of the molecule is Cc1ccc(C(=O)NNC(=O)C(F)(F)F)cc1-c1cc2cnc(NC3CCOCC3)nc2n(C)c1=O. The van der Waals surface area contributed by atoms with E-state index in [1.54, 1.807) is 37.7 Å². The first-order chi connectivity index (χ1) is 17.0. The van der Waals surface area contributed by atoms with Crippen molar-refractivity contribution in [1.29, 1.82) is 0 Å². The van der Waals surface area contributed by atoms with Crippen LogP contribution in [0.1, 0.15) is 28.8 Å². The molecule has 10 nitrogen and oxygen atoms in total. The van der Waals surface area contributed by atoms with Gasteiger partial charge >= 0.3 is 12.1 Å². The summed E-state index contributed by atoms with van der Waals surface area (Å²) >= 11 is 0. The maximum absolute atomic E-state index is 13.2. The summed E-state index contributed by atoms with van der Waals surface area (Å²) in [6, 6.07) is 6.07. The molecule has 0 unspecified atom stereocenters. The number of rotatable bonds is 4. The van der Waals surface area contributed by atoms with E-state index in [2.05, 4.69) is 15.3 Å². The maximum atomic E-state index is 13.2. The normalized spacial score (nSPS) is 14.5. The predicted octanol–water partition coefficient (Wildman–Crippen LogP) is 2.22. The van der Waals surface area contributed by atoms with Crippen LogP contribution in [0.4, 0.5) is 19.1 Å². The zero-order valence-corrected chi connectivity index (χ0v) is 19.4. The molecular weight excluding hydrogens is 481 g/mol. The van der Waals surface area contributed by atoms with Gasteiger partial charge < -0.3 is 10.1 Å². The van der Waals surface area contributed by atoms with Crippen molar-refractivity contribution in [1.82, 2.24) is 25.4 Å². The summed E-state index contributed by atoms with van der Waals surface area (Å²) in [5.41, 5.74) is 4.32. The van der Waals surface area contributed by atoms with Crippen molar-refractivity contribution < 1.29 is 27.5 Å². The number of nitrogens with zero attached hydrogens (tertiary/aromatic N) is 3. The first-order valence-corrected chi connectivity index (χ1v) is 11.0. The third-order valence-electron chi connectivity index (χ3n) is 5.84. The average Bonchev–Trinajstić information content (AvgIpc) is 2.85. The second-order valence-electron chi connectivity index (χ2n) is 8.36. The molecule has 1 aromatic carbocycles. The standard InChI is InChI=1S/C23H23F3N6O4/c1-12-3-4-13(19(33)30-31-21(35)23(24,25)26)9-16(12)17-10-14-11-27-22(28-15-5-7-36-8-6-15)29-18(14)32(2)20(17)34/h3-4,9-11,15H,5-8H2,1-2H3,(H,30,33)(H,31,35)(H,27,28,29). The third kappa shape index (κ3) is 5.30. The Morgan fingerprint density at radius 3 is 2.53 bits per heavy atom. The second kappa shape index (κ2) is 9.93. The number of aromatic nitrogens is 3. The molecule has 3 N–H and O–H groups in total. The minimum atomic E-state index is -5.15. The van der Waals surface area contributed by atoms with Crippen molar-refractivity contribution in [2.45, 2.75) is 32.0 Å². The van der Waals surface area contributed by atoms with Gasteiger partial charge in [-0.3, -0.25) is 29.8 Å². The van der Waals surface area contributed by atoms with E-state index in [1.807, 2.05) is 0 Å². The van der Waals surface area contributed by atoms with Gasteiger partial charge in [0.25, 0.3) is 11.5 Å².